The summed E-state index contributed by atoms with van der Waals surface area (Å²) in [6.07, 6.45) is 7.20. The Balaban J connectivity index is 0.00000484. The molecule has 1 saturated carbocycles. The van der Waals surface area contributed by atoms with Crippen molar-refractivity contribution in [1.82, 2.24) is 20.4 Å². The van der Waals surface area contributed by atoms with Crippen molar-refractivity contribution in [1.29, 1.82) is 0 Å². The number of piperidine rings is 1. The van der Waals surface area contributed by atoms with Crippen LogP contribution in [0.4, 0.5) is 4.79 Å². The van der Waals surface area contributed by atoms with Gasteiger partial charge in [0.25, 0.3) is 0 Å². The number of nitrogens with zero attached hydrogens (tertiary/aromatic N) is 2. The van der Waals surface area contributed by atoms with Crippen molar-refractivity contribution in [3.8, 4) is 0 Å². The molecule has 0 aromatic heterocycles. The van der Waals surface area contributed by atoms with Gasteiger partial charge in [0.1, 0.15) is 17.7 Å². The highest BCUT2D eigenvalue weighted by atomic mass is 32.2. The number of ether oxygens (including phenoxy) is 2. The molecule has 0 bridgehead atoms. The average Bonchev–Trinajstić information content (AvgIpc) is 3.44. The van der Waals surface area contributed by atoms with Gasteiger partial charge in [-0.15, -0.1) is 11.8 Å². The summed E-state index contributed by atoms with van der Waals surface area (Å²) in [6.45, 7) is 8.84. The fourth-order valence-electron chi connectivity index (χ4n) is 5.70. The standard InChI is InChI=1S/C31H48N4O5S.CH4/c1-31(2,3)40-30(38)35-22-41-21-27(35)29(37)33-26(20-39-19-24-12-8-5-9-13-24)28(36)32-25-14-16-34(17-15-25)18-23-10-6-4-7-11-23;/h4,6-7,10-11,24-27H,5,8-9,12-22H2,1-3H3,(H,32,36)(H,33,37);1H4/t26-,27-;/m0./s1. The Morgan fingerprint density at radius 3 is 2.38 bits per heavy atom. The summed E-state index contributed by atoms with van der Waals surface area (Å²) >= 11 is 1.50. The van der Waals surface area contributed by atoms with Gasteiger partial charge in [-0.2, -0.15) is 0 Å². The number of likely N-dealkylation sites (tertiary alicyclic amines) is 1. The Morgan fingerprint density at radius 1 is 1.02 bits per heavy atom. The maximum atomic E-state index is 13.5. The zero-order valence-electron chi connectivity index (χ0n) is 24.9. The molecule has 1 aromatic carbocycles. The topological polar surface area (TPSA) is 100 Å². The van der Waals surface area contributed by atoms with Gasteiger partial charge in [0.15, 0.2) is 0 Å². The fourth-order valence-corrected chi connectivity index (χ4v) is 6.84. The first-order valence-corrected chi connectivity index (χ1v) is 16.4. The predicted octanol–water partition coefficient (Wildman–Crippen LogP) is 4.80. The van der Waals surface area contributed by atoms with Crippen molar-refractivity contribution in [3.63, 3.8) is 0 Å². The molecule has 9 nitrogen and oxygen atoms in total. The number of amides is 3. The lowest BCUT2D eigenvalue weighted by Gasteiger charge is -2.33. The summed E-state index contributed by atoms with van der Waals surface area (Å²) in [6, 6.07) is 8.97. The third-order valence-corrected chi connectivity index (χ3v) is 9.00. The van der Waals surface area contributed by atoms with E-state index in [2.05, 4.69) is 39.8 Å². The molecule has 10 heteroatoms. The highest BCUT2D eigenvalue weighted by Crippen LogP contribution is 2.25. The highest BCUT2D eigenvalue weighted by Gasteiger charge is 2.39. The summed E-state index contributed by atoms with van der Waals surface area (Å²) < 4.78 is 11.6. The molecule has 0 unspecified atom stereocenters. The molecule has 2 aliphatic heterocycles. The largest absolute Gasteiger partial charge is 0.444 e. The number of nitrogens with one attached hydrogen (secondary N) is 2. The van der Waals surface area contributed by atoms with Crippen LogP contribution in [0.25, 0.3) is 0 Å². The molecule has 236 valence electrons. The van der Waals surface area contributed by atoms with Crippen LogP contribution in [0.5, 0.6) is 0 Å². The number of carbonyl (C=O) groups excluding carboxylic acids is 3. The van der Waals surface area contributed by atoms with Crippen molar-refractivity contribution in [2.75, 3.05) is 37.9 Å². The second-order valence-corrected chi connectivity index (χ2v) is 13.6. The van der Waals surface area contributed by atoms with Gasteiger partial charge in [0, 0.05) is 38.0 Å². The summed E-state index contributed by atoms with van der Waals surface area (Å²) in [7, 11) is 0. The molecule has 1 aromatic rings. The first-order valence-electron chi connectivity index (χ1n) is 15.2. The van der Waals surface area contributed by atoms with E-state index in [9.17, 15) is 14.4 Å². The molecular weight excluding hydrogens is 552 g/mol. The molecule has 2 atom stereocenters. The maximum absolute atomic E-state index is 13.5. The lowest BCUT2D eigenvalue weighted by atomic mass is 9.90. The van der Waals surface area contributed by atoms with E-state index >= 15 is 0 Å². The number of hydrogen-bond donors (Lipinski definition) is 2. The predicted molar refractivity (Wildman–Crippen MR) is 168 cm³/mol. The molecule has 2 N–H and O–H groups in total. The number of hydrogen-bond acceptors (Lipinski definition) is 7. The second-order valence-electron chi connectivity index (χ2n) is 12.6. The van der Waals surface area contributed by atoms with Gasteiger partial charge in [-0.25, -0.2) is 4.79 Å². The fraction of sp³-hybridized carbons (Fsp3) is 0.719. The van der Waals surface area contributed by atoms with E-state index in [0.29, 0.717) is 24.2 Å². The van der Waals surface area contributed by atoms with Gasteiger partial charge >= 0.3 is 6.09 Å². The van der Waals surface area contributed by atoms with E-state index in [1.54, 1.807) is 20.8 Å². The molecule has 0 spiro atoms. The van der Waals surface area contributed by atoms with Crippen molar-refractivity contribution < 1.29 is 23.9 Å². The van der Waals surface area contributed by atoms with Crippen molar-refractivity contribution in [2.45, 2.75) is 103 Å². The van der Waals surface area contributed by atoms with Crippen LogP contribution < -0.4 is 10.6 Å². The number of benzene rings is 1. The lowest BCUT2D eigenvalue weighted by Crippen LogP contribution is -2.57. The third kappa shape index (κ3) is 10.8. The monoisotopic (exact) mass is 604 g/mol. The van der Waals surface area contributed by atoms with Crippen molar-refractivity contribution in [3.05, 3.63) is 35.9 Å². The van der Waals surface area contributed by atoms with Gasteiger partial charge in [0.2, 0.25) is 11.8 Å². The van der Waals surface area contributed by atoms with E-state index in [4.69, 9.17) is 9.47 Å². The minimum Gasteiger partial charge on any atom is -0.444 e. The molecule has 42 heavy (non-hydrogen) atoms. The molecule has 3 aliphatic rings. The van der Waals surface area contributed by atoms with Crippen molar-refractivity contribution >= 4 is 29.7 Å². The third-order valence-electron chi connectivity index (χ3n) is 7.99. The highest BCUT2D eigenvalue weighted by molar-refractivity contribution is 7.99. The van der Waals surface area contributed by atoms with E-state index in [1.165, 1.54) is 41.5 Å². The Kier molecular flexibility index (Phi) is 13.5. The number of carbonyl (C=O) groups is 3. The zero-order chi connectivity index (χ0) is 29.2. The van der Waals surface area contributed by atoms with Crippen LogP contribution in [-0.4, -0.2) is 89.4 Å². The Morgan fingerprint density at radius 2 is 1.71 bits per heavy atom. The number of rotatable bonds is 10. The summed E-state index contributed by atoms with van der Waals surface area (Å²) in [5.74, 6) is 0.773. The Labute approximate surface area is 256 Å². The lowest BCUT2D eigenvalue weighted by molar-refractivity contribution is -0.133. The Bertz CT molecular complexity index is 990. The van der Waals surface area contributed by atoms with Crippen molar-refractivity contribution in [2.24, 2.45) is 5.92 Å². The van der Waals surface area contributed by atoms with Crippen LogP contribution in [0.1, 0.15) is 78.7 Å². The van der Waals surface area contributed by atoms with Crippen LogP contribution in [0.2, 0.25) is 0 Å². The van der Waals surface area contributed by atoms with E-state index < -0.39 is 23.8 Å². The molecule has 0 radical (unpaired) electrons. The van der Waals surface area contributed by atoms with Gasteiger partial charge in [-0.1, -0.05) is 57.0 Å². The van der Waals surface area contributed by atoms with Crippen LogP contribution in [0, 0.1) is 5.92 Å². The number of thioether (sulfide) groups is 1. The van der Waals surface area contributed by atoms with Crippen LogP contribution in [-0.2, 0) is 25.6 Å². The van der Waals surface area contributed by atoms with E-state index in [0.717, 1.165) is 45.3 Å². The first-order chi connectivity index (χ1) is 19.7. The summed E-state index contributed by atoms with van der Waals surface area (Å²) in [5.41, 5.74) is 0.635. The summed E-state index contributed by atoms with van der Waals surface area (Å²) in [4.78, 5) is 43.5. The minimum atomic E-state index is -0.820. The second kappa shape index (κ2) is 16.5. The molecule has 2 heterocycles. The van der Waals surface area contributed by atoms with E-state index in [-0.39, 0.29) is 31.9 Å². The quantitative estimate of drug-likeness (QED) is 0.396. The average molecular weight is 605 g/mol. The summed E-state index contributed by atoms with van der Waals surface area (Å²) in [5, 5.41) is 6.11. The molecule has 3 fully saturated rings. The molecule has 3 amide bonds. The zero-order valence-corrected chi connectivity index (χ0v) is 25.8. The van der Waals surface area contributed by atoms with Gasteiger partial charge in [0.05, 0.1) is 12.5 Å². The van der Waals surface area contributed by atoms with Gasteiger partial charge < -0.3 is 20.1 Å². The molecule has 1 aliphatic carbocycles. The van der Waals surface area contributed by atoms with Crippen LogP contribution in [0.3, 0.4) is 0 Å². The van der Waals surface area contributed by atoms with Gasteiger partial charge in [-0.3, -0.25) is 19.4 Å². The first kappa shape index (κ1) is 34.2. The maximum Gasteiger partial charge on any atom is 0.411 e. The van der Waals surface area contributed by atoms with Crippen LogP contribution >= 0.6 is 11.8 Å². The van der Waals surface area contributed by atoms with Crippen LogP contribution in [0.15, 0.2) is 30.3 Å². The SMILES string of the molecule is C.CC(C)(C)OC(=O)N1CSC[C@H]1C(=O)N[C@@H](COCC1CCCCC1)C(=O)NC1CCN(Cc2ccccc2)CC1. The molecule has 2 saturated heterocycles. The van der Waals surface area contributed by atoms with Gasteiger partial charge in [-0.05, 0) is 57.9 Å². The smallest absolute Gasteiger partial charge is 0.411 e. The molecular formula is C32H52N4O5S. The Hall–Kier alpha value is -2.30. The molecule has 4 rings (SSSR count). The normalized spacial score (nSPS) is 21.3. The van der Waals surface area contributed by atoms with E-state index in [1.807, 2.05) is 6.07 Å². The minimum absolute atomic E-state index is 0.